The molecule has 2 aromatic carbocycles. The van der Waals surface area contributed by atoms with Crippen molar-refractivity contribution in [1.29, 1.82) is 0 Å². The van der Waals surface area contributed by atoms with Gasteiger partial charge in [0, 0.05) is 11.4 Å². The van der Waals surface area contributed by atoms with E-state index in [0.29, 0.717) is 6.42 Å². The minimum atomic E-state index is -0.823. The van der Waals surface area contributed by atoms with Crippen molar-refractivity contribution in [2.45, 2.75) is 19.8 Å². The lowest BCUT2D eigenvalue weighted by atomic mass is 10.1. The Hall–Kier alpha value is -2.88. The van der Waals surface area contributed by atoms with Gasteiger partial charge >= 0.3 is 5.97 Å². The summed E-state index contributed by atoms with van der Waals surface area (Å²) in [6.45, 7) is 2.02. The van der Waals surface area contributed by atoms with Gasteiger partial charge in [-0.05, 0) is 66.9 Å². The first-order valence-electron chi connectivity index (χ1n) is 7.80. The van der Waals surface area contributed by atoms with Crippen LogP contribution < -0.4 is 0 Å². The molecule has 0 amide bonds. The van der Waals surface area contributed by atoms with Gasteiger partial charge in [0.1, 0.15) is 5.82 Å². The van der Waals surface area contributed by atoms with Crippen molar-refractivity contribution < 1.29 is 14.3 Å². The second kappa shape index (κ2) is 6.71. The number of benzene rings is 2. The Bertz CT molecular complexity index is 866. The molecule has 0 aliphatic heterocycles. The Balaban J connectivity index is 2.14. The highest BCUT2D eigenvalue weighted by atomic mass is 19.1. The van der Waals surface area contributed by atoms with Gasteiger partial charge in [-0.15, -0.1) is 0 Å². The molecule has 3 nitrogen and oxygen atoms in total. The summed E-state index contributed by atoms with van der Waals surface area (Å²) in [5.74, 6) is -1.10. The van der Waals surface area contributed by atoms with Crippen molar-refractivity contribution in [3.63, 3.8) is 0 Å². The Morgan fingerprint density at radius 2 is 1.75 bits per heavy atom. The molecule has 4 heteroatoms. The standard InChI is InChI=1S/C20H18FNO2/c1-14-4-2-3-5-18(14)22-17(11-13-20(23)24)10-12-19(22)15-6-8-16(21)9-7-15/h2-10,12H,11,13H2,1H3,(H,23,24). The quantitative estimate of drug-likeness (QED) is 0.745. The highest BCUT2D eigenvalue weighted by molar-refractivity contribution is 5.68. The minimum Gasteiger partial charge on any atom is -0.481 e. The van der Waals surface area contributed by atoms with E-state index in [9.17, 15) is 9.18 Å². The summed E-state index contributed by atoms with van der Waals surface area (Å²) >= 11 is 0. The molecule has 0 unspecified atom stereocenters. The number of nitrogens with zero attached hydrogens (tertiary/aromatic N) is 1. The van der Waals surface area contributed by atoms with Crippen molar-refractivity contribution in [2.24, 2.45) is 0 Å². The zero-order valence-corrected chi connectivity index (χ0v) is 13.4. The number of rotatable bonds is 5. The smallest absolute Gasteiger partial charge is 0.303 e. The van der Waals surface area contributed by atoms with E-state index in [4.69, 9.17) is 5.11 Å². The molecule has 24 heavy (non-hydrogen) atoms. The number of halogens is 1. The number of carboxylic acids is 1. The Morgan fingerprint density at radius 1 is 1.04 bits per heavy atom. The van der Waals surface area contributed by atoms with Gasteiger partial charge in [0.2, 0.25) is 0 Å². The maximum absolute atomic E-state index is 13.2. The molecule has 0 saturated carbocycles. The topological polar surface area (TPSA) is 42.2 Å². The van der Waals surface area contributed by atoms with Gasteiger partial charge in [0.05, 0.1) is 12.1 Å². The van der Waals surface area contributed by atoms with Crippen LogP contribution in [0.25, 0.3) is 16.9 Å². The second-order valence-electron chi connectivity index (χ2n) is 5.73. The molecule has 3 aromatic rings. The maximum Gasteiger partial charge on any atom is 0.303 e. The predicted molar refractivity (Wildman–Crippen MR) is 91.9 cm³/mol. The number of aromatic nitrogens is 1. The van der Waals surface area contributed by atoms with E-state index in [1.807, 2.05) is 43.3 Å². The highest BCUT2D eigenvalue weighted by Crippen LogP contribution is 2.29. The van der Waals surface area contributed by atoms with Crippen LogP contribution in [-0.4, -0.2) is 15.6 Å². The molecule has 0 aliphatic rings. The fourth-order valence-electron chi connectivity index (χ4n) is 2.85. The third-order valence-corrected chi connectivity index (χ3v) is 4.05. The first-order chi connectivity index (χ1) is 11.6. The summed E-state index contributed by atoms with van der Waals surface area (Å²) in [5.41, 5.74) is 4.83. The molecular formula is C20H18FNO2. The first-order valence-corrected chi connectivity index (χ1v) is 7.80. The summed E-state index contributed by atoms with van der Waals surface area (Å²) < 4.78 is 15.3. The number of aryl methyl sites for hydroxylation is 2. The van der Waals surface area contributed by atoms with E-state index < -0.39 is 5.97 Å². The van der Waals surface area contributed by atoms with Gasteiger partial charge in [0.15, 0.2) is 0 Å². The Morgan fingerprint density at radius 3 is 2.42 bits per heavy atom. The monoisotopic (exact) mass is 323 g/mol. The van der Waals surface area contributed by atoms with Gasteiger partial charge in [-0.3, -0.25) is 4.79 Å². The molecule has 0 aliphatic carbocycles. The van der Waals surface area contributed by atoms with Crippen LogP contribution in [0.1, 0.15) is 17.7 Å². The zero-order valence-electron chi connectivity index (χ0n) is 13.4. The van der Waals surface area contributed by atoms with Crippen molar-refractivity contribution in [3.8, 4) is 16.9 Å². The normalized spacial score (nSPS) is 10.8. The van der Waals surface area contributed by atoms with Crippen LogP contribution in [-0.2, 0) is 11.2 Å². The SMILES string of the molecule is Cc1ccccc1-n1c(CCC(=O)O)ccc1-c1ccc(F)cc1. The van der Waals surface area contributed by atoms with E-state index in [0.717, 1.165) is 28.2 Å². The first kappa shape index (κ1) is 16.0. The van der Waals surface area contributed by atoms with Gasteiger partial charge in [0.25, 0.3) is 0 Å². The van der Waals surface area contributed by atoms with E-state index in [1.165, 1.54) is 12.1 Å². The summed E-state index contributed by atoms with van der Waals surface area (Å²) in [6.07, 6.45) is 0.504. The molecule has 1 aromatic heterocycles. The fraction of sp³-hybridized carbons (Fsp3) is 0.150. The Kier molecular flexibility index (Phi) is 4.47. The predicted octanol–water partition coefficient (Wildman–Crippen LogP) is 4.61. The van der Waals surface area contributed by atoms with Crippen LogP contribution >= 0.6 is 0 Å². The third kappa shape index (κ3) is 3.23. The highest BCUT2D eigenvalue weighted by Gasteiger charge is 2.14. The lowest BCUT2D eigenvalue weighted by molar-refractivity contribution is -0.136. The van der Waals surface area contributed by atoms with Gasteiger partial charge in [-0.25, -0.2) is 4.39 Å². The number of para-hydroxylation sites is 1. The van der Waals surface area contributed by atoms with Crippen LogP contribution in [0.4, 0.5) is 4.39 Å². The van der Waals surface area contributed by atoms with Crippen LogP contribution in [0.5, 0.6) is 0 Å². The van der Waals surface area contributed by atoms with Gasteiger partial charge in [-0.2, -0.15) is 0 Å². The zero-order chi connectivity index (χ0) is 17.1. The van der Waals surface area contributed by atoms with Crippen LogP contribution in [0, 0.1) is 12.7 Å². The molecule has 3 rings (SSSR count). The lowest BCUT2D eigenvalue weighted by Gasteiger charge is -2.16. The average molecular weight is 323 g/mol. The molecule has 0 atom stereocenters. The van der Waals surface area contributed by atoms with Crippen molar-refractivity contribution in [1.82, 2.24) is 4.57 Å². The molecule has 0 fully saturated rings. The maximum atomic E-state index is 13.2. The van der Waals surface area contributed by atoms with Crippen molar-refractivity contribution in [2.75, 3.05) is 0 Å². The van der Waals surface area contributed by atoms with E-state index in [2.05, 4.69) is 4.57 Å². The number of carboxylic acid groups (broad SMARTS) is 1. The number of carbonyl (C=O) groups is 1. The Labute approximate surface area is 140 Å². The molecule has 0 radical (unpaired) electrons. The number of hydrogen-bond donors (Lipinski definition) is 1. The second-order valence-corrected chi connectivity index (χ2v) is 5.73. The number of hydrogen-bond acceptors (Lipinski definition) is 1. The van der Waals surface area contributed by atoms with E-state index >= 15 is 0 Å². The van der Waals surface area contributed by atoms with Crippen LogP contribution in [0.15, 0.2) is 60.7 Å². The lowest BCUT2D eigenvalue weighted by Crippen LogP contribution is -2.06. The van der Waals surface area contributed by atoms with Crippen LogP contribution in [0.3, 0.4) is 0 Å². The molecule has 1 heterocycles. The van der Waals surface area contributed by atoms with E-state index in [-0.39, 0.29) is 12.2 Å². The molecule has 122 valence electrons. The molecule has 0 spiro atoms. The largest absolute Gasteiger partial charge is 0.481 e. The average Bonchev–Trinajstić information content (AvgIpc) is 2.98. The fourth-order valence-corrected chi connectivity index (χ4v) is 2.85. The van der Waals surface area contributed by atoms with Crippen LogP contribution in [0.2, 0.25) is 0 Å². The summed E-state index contributed by atoms with van der Waals surface area (Å²) in [4.78, 5) is 11.0. The summed E-state index contributed by atoms with van der Waals surface area (Å²) in [6, 6.07) is 18.2. The molecule has 1 N–H and O–H groups in total. The third-order valence-electron chi connectivity index (χ3n) is 4.05. The van der Waals surface area contributed by atoms with Crippen molar-refractivity contribution in [3.05, 3.63) is 77.7 Å². The molecule has 0 bridgehead atoms. The summed E-state index contributed by atoms with van der Waals surface area (Å²) in [7, 11) is 0. The van der Waals surface area contributed by atoms with Gasteiger partial charge in [-0.1, -0.05) is 18.2 Å². The van der Waals surface area contributed by atoms with Gasteiger partial charge < -0.3 is 9.67 Å². The number of aliphatic carboxylic acids is 1. The van der Waals surface area contributed by atoms with Crippen molar-refractivity contribution >= 4 is 5.97 Å². The molecular weight excluding hydrogens is 305 g/mol. The minimum absolute atomic E-state index is 0.0682. The van der Waals surface area contributed by atoms with E-state index in [1.54, 1.807) is 12.1 Å². The molecule has 0 saturated heterocycles. The summed E-state index contributed by atoms with van der Waals surface area (Å²) in [5, 5.41) is 8.99.